The van der Waals surface area contributed by atoms with Crippen molar-refractivity contribution >= 4 is 6.03 Å². The Labute approximate surface area is 185 Å². The predicted molar refractivity (Wildman–Crippen MR) is 124 cm³/mol. The lowest BCUT2D eigenvalue weighted by Gasteiger charge is -2.33. The molecule has 1 aliphatic rings. The van der Waals surface area contributed by atoms with Crippen molar-refractivity contribution in [3.05, 3.63) is 89.5 Å². The van der Waals surface area contributed by atoms with Crippen molar-refractivity contribution < 1.29 is 4.79 Å². The molecule has 31 heavy (non-hydrogen) atoms. The molecule has 4 rings (SSSR count). The molecule has 5 heteroatoms. The number of nitrogens with zero attached hydrogens (tertiary/aromatic N) is 3. The molecule has 1 N–H and O–H groups in total. The monoisotopic (exact) mass is 416 g/mol. The normalized spacial score (nSPS) is 16.3. The van der Waals surface area contributed by atoms with Crippen LogP contribution in [0.25, 0.3) is 0 Å². The first kappa shape index (κ1) is 21.2. The van der Waals surface area contributed by atoms with Crippen molar-refractivity contribution in [1.29, 1.82) is 0 Å². The second-order valence-electron chi connectivity index (χ2n) is 8.51. The standard InChI is InChI=1S/C26H32N4O/c1-21-18-28-25(30(21)20-23-11-6-3-7-12-23)17-24-13-8-16-29(19-24)26(31)27-15-14-22-9-4-2-5-10-22/h2-7,9-12,18,24H,8,13-17,19-20H2,1H3,(H,27,31). The summed E-state index contributed by atoms with van der Waals surface area (Å²) in [5.74, 6) is 1.57. The van der Waals surface area contributed by atoms with Crippen LogP contribution in [0.1, 0.15) is 35.5 Å². The average molecular weight is 417 g/mol. The number of aromatic nitrogens is 2. The first-order chi connectivity index (χ1) is 15.2. The molecule has 1 fully saturated rings. The van der Waals surface area contributed by atoms with Crippen LogP contribution < -0.4 is 5.32 Å². The van der Waals surface area contributed by atoms with Gasteiger partial charge < -0.3 is 14.8 Å². The summed E-state index contributed by atoms with van der Waals surface area (Å²) in [6.07, 6.45) is 5.93. The molecule has 1 aliphatic heterocycles. The smallest absolute Gasteiger partial charge is 0.317 e. The van der Waals surface area contributed by atoms with E-state index in [-0.39, 0.29) is 6.03 Å². The molecule has 2 aromatic carbocycles. The molecule has 1 unspecified atom stereocenters. The quantitative estimate of drug-likeness (QED) is 0.619. The molecule has 0 bridgehead atoms. The van der Waals surface area contributed by atoms with Crippen LogP contribution in [-0.2, 0) is 19.4 Å². The van der Waals surface area contributed by atoms with E-state index in [0.29, 0.717) is 12.5 Å². The number of urea groups is 1. The maximum atomic E-state index is 12.7. The van der Waals surface area contributed by atoms with E-state index in [9.17, 15) is 4.79 Å². The molecule has 1 aromatic heterocycles. The molecular formula is C26H32N4O. The van der Waals surface area contributed by atoms with Crippen LogP contribution in [0.5, 0.6) is 0 Å². The molecule has 3 aromatic rings. The van der Waals surface area contributed by atoms with E-state index < -0.39 is 0 Å². The van der Waals surface area contributed by atoms with Gasteiger partial charge in [-0.1, -0.05) is 60.7 Å². The van der Waals surface area contributed by atoms with E-state index in [1.165, 1.54) is 16.8 Å². The van der Waals surface area contributed by atoms with Gasteiger partial charge in [0, 0.05) is 44.5 Å². The Morgan fingerprint density at radius 3 is 2.52 bits per heavy atom. The maximum Gasteiger partial charge on any atom is 0.317 e. The first-order valence-electron chi connectivity index (χ1n) is 11.3. The Morgan fingerprint density at radius 2 is 1.77 bits per heavy atom. The summed E-state index contributed by atoms with van der Waals surface area (Å²) in [6, 6.07) is 20.9. The van der Waals surface area contributed by atoms with Crippen LogP contribution in [0.15, 0.2) is 66.9 Å². The van der Waals surface area contributed by atoms with Crippen LogP contribution in [-0.4, -0.2) is 40.1 Å². The van der Waals surface area contributed by atoms with Gasteiger partial charge in [-0.3, -0.25) is 0 Å². The maximum absolute atomic E-state index is 12.7. The number of piperidine rings is 1. The van der Waals surface area contributed by atoms with Gasteiger partial charge in [0.1, 0.15) is 5.82 Å². The SMILES string of the molecule is Cc1cnc(CC2CCCN(C(=O)NCCc3ccccc3)C2)n1Cc1ccccc1. The summed E-state index contributed by atoms with van der Waals surface area (Å²) >= 11 is 0. The van der Waals surface area contributed by atoms with Crippen LogP contribution >= 0.6 is 0 Å². The summed E-state index contributed by atoms with van der Waals surface area (Å²) in [7, 11) is 0. The predicted octanol–water partition coefficient (Wildman–Crippen LogP) is 4.45. The highest BCUT2D eigenvalue weighted by Gasteiger charge is 2.25. The second-order valence-corrected chi connectivity index (χ2v) is 8.51. The van der Waals surface area contributed by atoms with Crippen molar-refractivity contribution in [3.8, 4) is 0 Å². The number of aryl methyl sites for hydroxylation is 1. The zero-order chi connectivity index (χ0) is 21.5. The van der Waals surface area contributed by atoms with Crippen LogP contribution in [0.2, 0.25) is 0 Å². The summed E-state index contributed by atoms with van der Waals surface area (Å²) in [5.41, 5.74) is 3.72. The van der Waals surface area contributed by atoms with Gasteiger partial charge in [0.05, 0.1) is 0 Å². The third-order valence-electron chi connectivity index (χ3n) is 6.13. The minimum Gasteiger partial charge on any atom is -0.338 e. The van der Waals surface area contributed by atoms with Gasteiger partial charge in [-0.05, 0) is 43.2 Å². The van der Waals surface area contributed by atoms with Gasteiger partial charge in [0.2, 0.25) is 0 Å². The second kappa shape index (κ2) is 10.3. The summed E-state index contributed by atoms with van der Waals surface area (Å²) in [5, 5.41) is 3.10. The Balaban J connectivity index is 1.31. The molecule has 0 aliphatic carbocycles. The Kier molecular flexibility index (Phi) is 7.03. The third kappa shape index (κ3) is 5.75. The highest BCUT2D eigenvalue weighted by Crippen LogP contribution is 2.22. The van der Waals surface area contributed by atoms with Crippen LogP contribution in [0, 0.1) is 12.8 Å². The Hall–Kier alpha value is -3.08. The topological polar surface area (TPSA) is 50.2 Å². The van der Waals surface area contributed by atoms with E-state index in [1.807, 2.05) is 35.4 Å². The molecule has 0 radical (unpaired) electrons. The molecule has 1 saturated heterocycles. The lowest BCUT2D eigenvalue weighted by molar-refractivity contribution is 0.164. The van der Waals surface area contributed by atoms with Crippen molar-refractivity contribution in [2.24, 2.45) is 5.92 Å². The van der Waals surface area contributed by atoms with E-state index in [0.717, 1.165) is 51.1 Å². The van der Waals surface area contributed by atoms with Crippen LogP contribution in [0.4, 0.5) is 4.79 Å². The fourth-order valence-corrected chi connectivity index (χ4v) is 4.40. The van der Waals surface area contributed by atoms with Gasteiger partial charge >= 0.3 is 6.03 Å². The number of benzene rings is 2. The number of hydrogen-bond acceptors (Lipinski definition) is 2. The molecule has 2 heterocycles. The highest BCUT2D eigenvalue weighted by molar-refractivity contribution is 5.74. The number of rotatable bonds is 7. The third-order valence-corrected chi connectivity index (χ3v) is 6.13. The first-order valence-corrected chi connectivity index (χ1v) is 11.3. The minimum atomic E-state index is 0.0597. The van der Waals surface area contributed by atoms with Crippen molar-refractivity contribution in [2.45, 2.75) is 39.2 Å². The zero-order valence-electron chi connectivity index (χ0n) is 18.3. The zero-order valence-corrected chi connectivity index (χ0v) is 18.3. The molecule has 1 atom stereocenters. The number of imidazole rings is 1. The summed E-state index contributed by atoms with van der Waals surface area (Å²) < 4.78 is 2.31. The summed E-state index contributed by atoms with van der Waals surface area (Å²) in [6.45, 7) is 5.27. The number of amides is 2. The minimum absolute atomic E-state index is 0.0597. The molecule has 0 saturated carbocycles. The van der Waals surface area contributed by atoms with Crippen molar-refractivity contribution in [3.63, 3.8) is 0 Å². The molecule has 5 nitrogen and oxygen atoms in total. The van der Waals surface area contributed by atoms with Crippen molar-refractivity contribution in [2.75, 3.05) is 19.6 Å². The number of hydrogen-bond donors (Lipinski definition) is 1. The van der Waals surface area contributed by atoms with Crippen molar-refractivity contribution in [1.82, 2.24) is 19.8 Å². The number of likely N-dealkylation sites (tertiary alicyclic amines) is 1. The fraction of sp³-hybridized carbons (Fsp3) is 0.385. The summed E-state index contributed by atoms with van der Waals surface area (Å²) in [4.78, 5) is 19.4. The van der Waals surface area contributed by atoms with E-state index in [1.54, 1.807) is 0 Å². The van der Waals surface area contributed by atoms with Crippen LogP contribution in [0.3, 0.4) is 0 Å². The molecular weight excluding hydrogens is 384 g/mol. The molecule has 162 valence electrons. The Bertz CT molecular complexity index is 968. The average Bonchev–Trinajstić information content (AvgIpc) is 3.14. The lowest BCUT2D eigenvalue weighted by atomic mass is 9.94. The fourth-order valence-electron chi connectivity index (χ4n) is 4.40. The highest BCUT2D eigenvalue weighted by atomic mass is 16.2. The lowest BCUT2D eigenvalue weighted by Crippen LogP contribution is -2.46. The number of nitrogens with one attached hydrogen (secondary N) is 1. The largest absolute Gasteiger partial charge is 0.338 e. The van der Waals surface area contributed by atoms with E-state index in [2.05, 4.69) is 53.2 Å². The van der Waals surface area contributed by atoms with Gasteiger partial charge in [-0.15, -0.1) is 0 Å². The van der Waals surface area contributed by atoms with Gasteiger partial charge in [-0.2, -0.15) is 0 Å². The molecule has 2 amide bonds. The van der Waals surface area contributed by atoms with Gasteiger partial charge in [0.15, 0.2) is 0 Å². The number of carbonyl (C=O) groups excluding carboxylic acids is 1. The van der Waals surface area contributed by atoms with E-state index in [4.69, 9.17) is 4.98 Å². The van der Waals surface area contributed by atoms with E-state index >= 15 is 0 Å². The van der Waals surface area contributed by atoms with Gasteiger partial charge in [-0.25, -0.2) is 9.78 Å². The van der Waals surface area contributed by atoms with Gasteiger partial charge in [0.25, 0.3) is 0 Å². The Morgan fingerprint density at radius 1 is 1.06 bits per heavy atom. The molecule has 0 spiro atoms. The number of carbonyl (C=O) groups is 1.